The summed E-state index contributed by atoms with van der Waals surface area (Å²) in [6, 6.07) is 8.56. The molecule has 0 bridgehead atoms. The first-order valence-electron chi connectivity index (χ1n) is 9.03. The number of nitrogens with one attached hydrogen (secondary N) is 1. The van der Waals surface area contributed by atoms with Gasteiger partial charge in [0, 0.05) is 5.56 Å². The van der Waals surface area contributed by atoms with E-state index in [1.807, 2.05) is 0 Å². The number of aromatic nitrogens is 1. The second-order valence-corrected chi connectivity index (χ2v) is 6.25. The first kappa shape index (κ1) is 25.2. The summed E-state index contributed by atoms with van der Waals surface area (Å²) in [4.78, 5) is 24.8. The summed E-state index contributed by atoms with van der Waals surface area (Å²) in [6.07, 6.45) is -5.08. The number of aromatic amines is 1. The van der Waals surface area contributed by atoms with Gasteiger partial charge in [-0.15, -0.1) is 0 Å². The number of para-hydroxylation sites is 1. The Labute approximate surface area is 184 Å². The number of hydrogen-bond donors (Lipinski definition) is 3. The van der Waals surface area contributed by atoms with Gasteiger partial charge in [0.25, 0.3) is 0 Å². The number of pyridine rings is 1. The number of carboxylic acid groups (broad SMARTS) is 1. The summed E-state index contributed by atoms with van der Waals surface area (Å²) in [6.45, 7) is 0. The van der Waals surface area contributed by atoms with Crippen molar-refractivity contribution in [3.63, 3.8) is 0 Å². The minimum Gasteiger partial charge on any atom is -0.503 e. The normalized spacial score (nSPS) is 10.8. The van der Waals surface area contributed by atoms with Crippen molar-refractivity contribution >= 4 is 16.9 Å². The molecule has 3 N–H and O–H groups in total. The average molecular weight is 471 g/mol. The molecule has 0 saturated carbocycles. The topological polar surface area (TPSA) is 127 Å². The van der Waals surface area contributed by atoms with E-state index in [-0.39, 0.29) is 11.1 Å². The van der Waals surface area contributed by atoms with Gasteiger partial charge < -0.3 is 34.1 Å². The smallest absolute Gasteiger partial charge is 0.490 e. The van der Waals surface area contributed by atoms with Crippen molar-refractivity contribution in [2.75, 3.05) is 28.4 Å². The molecule has 0 aliphatic heterocycles. The van der Waals surface area contributed by atoms with Gasteiger partial charge in [-0.05, 0) is 18.2 Å². The van der Waals surface area contributed by atoms with Crippen LogP contribution >= 0.6 is 0 Å². The second kappa shape index (κ2) is 10.0. The third-order valence-electron chi connectivity index (χ3n) is 4.40. The zero-order valence-electron chi connectivity index (χ0n) is 17.9. The van der Waals surface area contributed by atoms with Crippen LogP contribution in [-0.2, 0) is 4.79 Å². The molecule has 1 heterocycles. The Morgan fingerprint density at radius 1 is 0.939 bits per heavy atom. The van der Waals surface area contributed by atoms with Crippen molar-refractivity contribution in [3.8, 4) is 40.0 Å². The van der Waals surface area contributed by atoms with Crippen LogP contribution in [0.15, 0.2) is 35.1 Å². The molecule has 33 heavy (non-hydrogen) atoms. The molecule has 0 fully saturated rings. The third-order valence-corrected chi connectivity index (χ3v) is 4.40. The number of aromatic hydroxyl groups is 1. The fourth-order valence-corrected chi connectivity index (χ4v) is 2.93. The van der Waals surface area contributed by atoms with Crippen LogP contribution in [0.5, 0.6) is 28.7 Å². The van der Waals surface area contributed by atoms with Gasteiger partial charge >= 0.3 is 12.1 Å². The van der Waals surface area contributed by atoms with Crippen LogP contribution in [0.2, 0.25) is 0 Å². The zero-order valence-corrected chi connectivity index (χ0v) is 17.9. The molecule has 3 rings (SSSR count). The number of carboxylic acids is 1. The van der Waals surface area contributed by atoms with Gasteiger partial charge in [0.1, 0.15) is 5.75 Å². The number of halogens is 3. The number of aliphatic carboxylic acids is 1. The molecule has 0 unspecified atom stereocenters. The zero-order chi connectivity index (χ0) is 24.9. The van der Waals surface area contributed by atoms with Crippen LogP contribution in [0.1, 0.15) is 0 Å². The number of H-pyrrole nitrogens is 1. The van der Waals surface area contributed by atoms with E-state index in [1.165, 1.54) is 34.5 Å². The molecule has 0 spiro atoms. The molecule has 0 amide bonds. The molecule has 1 aromatic heterocycles. The van der Waals surface area contributed by atoms with Crippen molar-refractivity contribution in [1.29, 1.82) is 0 Å². The molecule has 0 saturated heterocycles. The summed E-state index contributed by atoms with van der Waals surface area (Å²) < 4.78 is 53.2. The number of carbonyl (C=O) groups is 1. The van der Waals surface area contributed by atoms with Crippen LogP contribution in [0.4, 0.5) is 13.2 Å². The number of ether oxygens (including phenoxy) is 4. The highest BCUT2D eigenvalue weighted by Gasteiger charge is 2.38. The molecule has 12 heteroatoms. The van der Waals surface area contributed by atoms with E-state index in [0.29, 0.717) is 34.1 Å². The van der Waals surface area contributed by atoms with Gasteiger partial charge in [-0.3, -0.25) is 4.79 Å². The number of methoxy groups -OCH3 is 4. The Hall–Kier alpha value is -4.09. The lowest BCUT2D eigenvalue weighted by Crippen LogP contribution is -2.21. The maximum atomic E-state index is 12.8. The number of alkyl halides is 3. The van der Waals surface area contributed by atoms with Crippen LogP contribution < -0.4 is 24.4 Å². The predicted octanol–water partition coefficient (Wildman–Crippen LogP) is 3.57. The monoisotopic (exact) mass is 471 g/mol. The van der Waals surface area contributed by atoms with Crippen molar-refractivity contribution in [1.82, 2.24) is 4.98 Å². The largest absolute Gasteiger partial charge is 0.503 e. The van der Waals surface area contributed by atoms with Gasteiger partial charge in [0.15, 0.2) is 17.2 Å². The van der Waals surface area contributed by atoms with Crippen LogP contribution in [-0.4, -0.2) is 55.8 Å². The molecule has 0 atom stereocenters. The first-order valence-corrected chi connectivity index (χ1v) is 9.03. The lowest BCUT2D eigenvalue weighted by atomic mass is 10.1. The molecule has 2 aromatic carbocycles. The number of fused-ring (bicyclic) bond motifs is 1. The van der Waals surface area contributed by atoms with Gasteiger partial charge in [-0.1, -0.05) is 12.1 Å². The van der Waals surface area contributed by atoms with E-state index in [1.54, 1.807) is 24.3 Å². The maximum absolute atomic E-state index is 12.8. The Balaban J connectivity index is 0.000000479. The van der Waals surface area contributed by atoms with Crippen molar-refractivity contribution in [3.05, 3.63) is 40.6 Å². The van der Waals surface area contributed by atoms with Gasteiger partial charge in [0.05, 0.1) is 45.0 Å². The van der Waals surface area contributed by atoms with Gasteiger partial charge in [-0.2, -0.15) is 13.2 Å². The lowest BCUT2D eigenvalue weighted by Gasteiger charge is -2.16. The fraction of sp³-hybridized carbons (Fsp3) is 0.238. The lowest BCUT2D eigenvalue weighted by molar-refractivity contribution is -0.192. The Kier molecular flexibility index (Phi) is 7.64. The van der Waals surface area contributed by atoms with Crippen LogP contribution in [0.3, 0.4) is 0 Å². The molecule has 9 nitrogen and oxygen atoms in total. The second-order valence-electron chi connectivity index (χ2n) is 6.25. The molecule has 0 aliphatic carbocycles. The van der Waals surface area contributed by atoms with E-state index in [2.05, 4.69) is 4.98 Å². The third kappa shape index (κ3) is 5.05. The summed E-state index contributed by atoms with van der Waals surface area (Å²) in [5, 5.41) is 17.9. The minimum absolute atomic E-state index is 0.218. The summed E-state index contributed by atoms with van der Waals surface area (Å²) in [7, 11) is 5.92. The highest BCUT2D eigenvalue weighted by Crippen LogP contribution is 2.43. The molecular formula is C21H20F3NO8. The maximum Gasteiger partial charge on any atom is 0.490 e. The predicted molar refractivity (Wildman–Crippen MR) is 112 cm³/mol. The van der Waals surface area contributed by atoms with E-state index in [0.717, 1.165) is 0 Å². The SMILES string of the molecule is COc1ccccc1-c1[nH]c2c(OC)c(OC)c(OC)cc2c(=O)c1O.O=C(O)C(F)(F)F. The van der Waals surface area contributed by atoms with Crippen molar-refractivity contribution < 1.29 is 47.1 Å². The average Bonchev–Trinajstić information content (AvgIpc) is 2.79. The van der Waals surface area contributed by atoms with Crippen LogP contribution in [0.25, 0.3) is 22.2 Å². The standard InChI is InChI=1S/C19H19NO6.C2HF3O2/c1-23-12-8-6-5-7-10(12)14-17(22)16(21)11-9-13(24-2)18(25-3)19(26-4)15(11)20-14;3-2(4,5)1(6)7/h5-9,22H,1-4H3,(H,20,21);(H,6,7). The Bertz CT molecular complexity index is 1220. The summed E-state index contributed by atoms with van der Waals surface area (Å²) in [5.74, 6) is -1.70. The number of benzene rings is 2. The summed E-state index contributed by atoms with van der Waals surface area (Å²) >= 11 is 0. The number of rotatable bonds is 5. The summed E-state index contributed by atoms with van der Waals surface area (Å²) in [5.41, 5.74) is 0.599. The molecule has 0 radical (unpaired) electrons. The Morgan fingerprint density at radius 3 is 1.97 bits per heavy atom. The van der Waals surface area contributed by atoms with E-state index in [4.69, 9.17) is 28.8 Å². The highest BCUT2D eigenvalue weighted by molar-refractivity contribution is 5.93. The van der Waals surface area contributed by atoms with E-state index < -0.39 is 23.3 Å². The fourth-order valence-electron chi connectivity index (χ4n) is 2.93. The molecular weight excluding hydrogens is 451 g/mol. The first-order chi connectivity index (χ1) is 15.5. The van der Waals surface area contributed by atoms with Crippen molar-refractivity contribution in [2.24, 2.45) is 0 Å². The van der Waals surface area contributed by atoms with E-state index >= 15 is 0 Å². The number of hydrogen-bond acceptors (Lipinski definition) is 7. The highest BCUT2D eigenvalue weighted by atomic mass is 19.4. The quantitative estimate of drug-likeness (QED) is 0.516. The minimum atomic E-state index is -5.08. The van der Waals surface area contributed by atoms with Gasteiger partial charge in [0.2, 0.25) is 11.2 Å². The van der Waals surface area contributed by atoms with Crippen molar-refractivity contribution in [2.45, 2.75) is 6.18 Å². The van der Waals surface area contributed by atoms with Gasteiger partial charge in [-0.25, -0.2) is 4.79 Å². The molecule has 178 valence electrons. The molecule has 3 aromatic rings. The van der Waals surface area contributed by atoms with E-state index in [9.17, 15) is 23.1 Å². The Morgan fingerprint density at radius 2 is 1.48 bits per heavy atom. The van der Waals surface area contributed by atoms with Crippen LogP contribution in [0, 0.1) is 0 Å². The molecule has 0 aliphatic rings.